The Labute approximate surface area is 122 Å². The van der Waals surface area contributed by atoms with Crippen LogP contribution in [0, 0.1) is 30.1 Å². The maximum absolute atomic E-state index is 8.76. The molecule has 0 amide bonds. The van der Waals surface area contributed by atoms with E-state index in [1.54, 1.807) is 13.2 Å². The molecule has 0 aliphatic rings. The van der Waals surface area contributed by atoms with Gasteiger partial charge in [0.2, 0.25) is 0 Å². The SMILES string of the molecule is COc1ccc(C#Cc2cnc(C#N)c(Cl)c2)c(C)c1. The Morgan fingerprint density at radius 2 is 2.05 bits per heavy atom. The number of pyridine rings is 1. The molecule has 1 aromatic carbocycles. The predicted octanol–water partition coefficient (Wildman–Crippen LogP) is 3.32. The van der Waals surface area contributed by atoms with Crippen LogP contribution < -0.4 is 4.74 Å². The molecule has 0 aliphatic heterocycles. The van der Waals surface area contributed by atoms with Crippen LogP contribution in [0.3, 0.4) is 0 Å². The first-order valence-corrected chi connectivity index (χ1v) is 6.24. The van der Waals surface area contributed by atoms with Gasteiger partial charge in [-0.25, -0.2) is 4.98 Å². The minimum Gasteiger partial charge on any atom is -0.497 e. The molecule has 4 heteroatoms. The number of rotatable bonds is 1. The third-order valence-electron chi connectivity index (χ3n) is 2.72. The molecule has 0 unspecified atom stereocenters. The molecule has 0 aliphatic carbocycles. The minimum absolute atomic E-state index is 0.206. The standard InChI is InChI=1S/C16H11ClN2O/c1-11-7-14(20-2)6-5-13(11)4-3-12-8-15(17)16(9-18)19-10-12/h5-8,10H,1-2H3. The highest BCUT2D eigenvalue weighted by Crippen LogP contribution is 2.17. The number of benzene rings is 1. The van der Waals surface area contributed by atoms with Crippen molar-refractivity contribution in [2.75, 3.05) is 7.11 Å². The van der Waals surface area contributed by atoms with Crippen LogP contribution in [-0.4, -0.2) is 12.1 Å². The van der Waals surface area contributed by atoms with Gasteiger partial charge in [-0.15, -0.1) is 0 Å². The zero-order chi connectivity index (χ0) is 14.5. The molecule has 0 spiro atoms. The van der Waals surface area contributed by atoms with Crippen molar-refractivity contribution < 1.29 is 4.74 Å². The highest BCUT2D eigenvalue weighted by molar-refractivity contribution is 6.31. The second kappa shape index (κ2) is 6.10. The molecular formula is C16H11ClN2O. The summed E-state index contributed by atoms with van der Waals surface area (Å²) in [6.45, 7) is 1.97. The lowest BCUT2D eigenvalue weighted by atomic mass is 10.1. The molecule has 0 fully saturated rings. The van der Waals surface area contributed by atoms with Crippen molar-refractivity contribution in [2.45, 2.75) is 6.92 Å². The van der Waals surface area contributed by atoms with Gasteiger partial charge in [-0.05, 0) is 36.8 Å². The van der Waals surface area contributed by atoms with Gasteiger partial charge in [-0.3, -0.25) is 0 Å². The number of halogens is 1. The lowest BCUT2D eigenvalue weighted by molar-refractivity contribution is 0.414. The fourth-order valence-corrected chi connectivity index (χ4v) is 1.84. The Kier molecular flexibility index (Phi) is 4.25. The van der Waals surface area contributed by atoms with E-state index in [1.165, 1.54) is 6.20 Å². The van der Waals surface area contributed by atoms with Gasteiger partial charge in [0.25, 0.3) is 0 Å². The molecule has 0 N–H and O–H groups in total. The van der Waals surface area contributed by atoms with Crippen LogP contribution in [0.5, 0.6) is 5.75 Å². The second-order valence-electron chi connectivity index (χ2n) is 4.10. The summed E-state index contributed by atoms with van der Waals surface area (Å²) in [5.41, 5.74) is 2.82. The summed E-state index contributed by atoms with van der Waals surface area (Å²) in [5.74, 6) is 6.84. The van der Waals surface area contributed by atoms with E-state index in [2.05, 4.69) is 16.8 Å². The number of hydrogen-bond acceptors (Lipinski definition) is 3. The molecule has 0 atom stereocenters. The number of nitriles is 1. The molecule has 0 saturated carbocycles. The normalized spacial score (nSPS) is 9.30. The van der Waals surface area contributed by atoms with E-state index in [-0.39, 0.29) is 5.69 Å². The fourth-order valence-electron chi connectivity index (χ4n) is 1.63. The van der Waals surface area contributed by atoms with Gasteiger partial charge in [-0.1, -0.05) is 23.4 Å². The number of aromatic nitrogens is 1. The summed E-state index contributed by atoms with van der Waals surface area (Å²) in [5, 5.41) is 9.07. The van der Waals surface area contributed by atoms with E-state index < -0.39 is 0 Å². The lowest BCUT2D eigenvalue weighted by Gasteiger charge is -2.02. The summed E-state index contributed by atoms with van der Waals surface area (Å²) in [4.78, 5) is 3.94. The summed E-state index contributed by atoms with van der Waals surface area (Å²) < 4.78 is 5.15. The van der Waals surface area contributed by atoms with Crippen LogP contribution in [0.1, 0.15) is 22.4 Å². The van der Waals surface area contributed by atoms with E-state index >= 15 is 0 Å². The Hall–Kier alpha value is -2.49. The highest BCUT2D eigenvalue weighted by Gasteiger charge is 2.01. The van der Waals surface area contributed by atoms with Gasteiger partial charge < -0.3 is 4.74 Å². The van der Waals surface area contributed by atoms with Crippen molar-refractivity contribution >= 4 is 11.6 Å². The zero-order valence-corrected chi connectivity index (χ0v) is 11.8. The smallest absolute Gasteiger partial charge is 0.159 e. The van der Waals surface area contributed by atoms with Crippen LogP contribution >= 0.6 is 11.6 Å². The quantitative estimate of drug-likeness (QED) is 0.754. The van der Waals surface area contributed by atoms with Crippen LogP contribution in [0.4, 0.5) is 0 Å². The largest absolute Gasteiger partial charge is 0.497 e. The van der Waals surface area contributed by atoms with E-state index in [1.807, 2.05) is 31.2 Å². The first-order chi connectivity index (χ1) is 9.63. The van der Waals surface area contributed by atoms with E-state index in [4.69, 9.17) is 21.6 Å². The van der Waals surface area contributed by atoms with E-state index in [0.717, 1.165) is 16.9 Å². The van der Waals surface area contributed by atoms with Gasteiger partial charge in [0.1, 0.15) is 11.8 Å². The third-order valence-corrected chi connectivity index (χ3v) is 3.01. The molecule has 3 nitrogen and oxygen atoms in total. The molecule has 0 bridgehead atoms. The van der Waals surface area contributed by atoms with Crippen molar-refractivity contribution in [1.82, 2.24) is 4.98 Å². The first kappa shape index (κ1) is 13.9. The topological polar surface area (TPSA) is 45.9 Å². The average Bonchev–Trinajstić information content (AvgIpc) is 2.46. The zero-order valence-electron chi connectivity index (χ0n) is 11.1. The van der Waals surface area contributed by atoms with Crippen LogP contribution in [0.2, 0.25) is 5.02 Å². The second-order valence-corrected chi connectivity index (χ2v) is 4.50. The van der Waals surface area contributed by atoms with Crippen molar-refractivity contribution in [3.8, 4) is 23.7 Å². The van der Waals surface area contributed by atoms with Crippen LogP contribution in [0.25, 0.3) is 0 Å². The van der Waals surface area contributed by atoms with E-state index in [0.29, 0.717) is 10.6 Å². The van der Waals surface area contributed by atoms with Crippen molar-refractivity contribution in [3.05, 3.63) is 57.9 Å². The summed E-state index contributed by atoms with van der Waals surface area (Å²) in [7, 11) is 1.63. The Morgan fingerprint density at radius 3 is 2.65 bits per heavy atom. The number of methoxy groups -OCH3 is 1. The minimum atomic E-state index is 0.206. The molecule has 1 heterocycles. The molecule has 2 aromatic rings. The number of hydrogen-bond donors (Lipinski definition) is 0. The number of nitrogens with zero attached hydrogens (tertiary/aromatic N) is 2. The predicted molar refractivity (Wildman–Crippen MR) is 77.7 cm³/mol. The maximum Gasteiger partial charge on any atom is 0.159 e. The highest BCUT2D eigenvalue weighted by atomic mass is 35.5. The van der Waals surface area contributed by atoms with Crippen LogP contribution in [0.15, 0.2) is 30.5 Å². The molecule has 2 rings (SSSR count). The lowest BCUT2D eigenvalue weighted by Crippen LogP contribution is -1.88. The van der Waals surface area contributed by atoms with Crippen LogP contribution in [-0.2, 0) is 0 Å². The van der Waals surface area contributed by atoms with Gasteiger partial charge >= 0.3 is 0 Å². The monoisotopic (exact) mass is 282 g/mol. The third kappa shape index (κ3) is 3.09. The maximum atomic E-state index is 8.76. The Bertz CT molecular complexity index is 751. The van der Waals surface area contributed by atoms with Gasteiger partial charge in [-0.2, -0.15) is 5.26 Å². The van der Waals surface area contributed by atoms with Crippen molar-refractivity contribution in [1.29, 1.82) is 5.26 Å². The fraction of sp³-hybridized carbons (Fsp3) is 0.125. The Balaban J connectivity index is 2.32. The summed E-state index contributed by atoms with van der Waals surface area (Å²) >= 11 is 5.91. The van der Waals surface area contributed by atoms with Crippen molar-refractivity contribution in [2.24, 2.45) is 0 Å². The number of ether oxygens (including phenoxy) is 1. The molecule has 0 radical (unpaired) electrons. The van der Waals surface area contributed by atoms with E-state index in [9.17, 15) is 0 Å². The first-order valence-electron chi connectivity index (χ1n) is 5.86. The Morgan fingerprint density at radius 1 is 1.25 bits per heavy atom. The molecule has 0 saturated heterocycles. The summed E-state index contributed by atoms with van der Waals surface area (Å²) in [6, 6.07) is 9.24. The molecule has 98 valence electrons. The average molecular weight is 283 g/mol. The number of aryl methyl sites for hydroxylation is 1. The van der Waals surface area contributed by atoms with Gasteiger partial charge in [0.05, 0.1) is 12.1 Å². The molecular weight excluding hydrogens is 272 g/mol. The molecule has 20 heavy (non-hydrogen) atoms. The van der Waals surface area contributed by atoms with Gasteiger partial charge in [0.15, 0.2) is 5.69 Å². The van der Waals surface area contributed by atoms with Gasteiger partial charge in [0, 0.05) is 17.3 Å². The van der Waals surface area contributed by atoms with Crippen molar-refractivity contribution in [3.63, 3.8) is 0 Å². The summed E-state index contributed by atoms with van der Waals surface area (Å²) in [6.07, 6.45) is 1.54. The molecule has 1 aromatic heterocycles.